The first-order valence-corrected chi connectivity index (χ1v) is 5.80. The number of hydrogen-bond donors (Lipinski definition) is 1. The third-order valence-corrected chi connectivity index (χ3v) is 3.08. The third-order valence-electron chi connectivity index (χ3n) is 3.08. The highest BCUT2D eigenvalue weighted by molar-refractivity contribution is 5.85. The fourth-order valence-corrected chi connectivity index (χ4v) is 2.16. The molecule has 5 heteroatoms. The molecular formula is C13H17NO4. The highest BCUT2D eigenvalue weighted by Crippen LogP contribution is 2.32. The van der Waals surface area contributed by atoms with Crippen LogP contribution in [-0.2, 0) is 9.53 Å². The van der Waals surface area contributed by atoms with E-state index in [4.69, 9.17) is 11.2 Å². The maximum atomic E-state index is 11.9. The van der Waals surface area contributed by atoms with Crippen LogP contribution in [0.4, 0.5) is 4.79 Å². The molecule has 98 valence electrons. The first-order valence-electron chi connectivity index (χ1n) is 5.80. The second-order valence-electron chi connectivity index (χ2n) is 4.19. The van der Waals surface area contributed by atoms with Gasteiger partial charge in [0.2, 0.25) is 0 Å². The van der Waals surface area contributed by atoms with E-state index >= 15 is 0 Å². The molecule has 0 aromatic heterocycles. The Morgan fingerprint density at radius 2 is 2.28 bits per heavy atom. The van der Waals surface area contributed by atoms with E-state index in [0.29, 0.717) is 13.0 Å². The topological polar surface area (TPSA) is 66.8 Å². The Hall–Kier alpha value is -1.96. The molecule has 1 heterocycles. The van der Waals surface area contributed by atoms with Crippen molar-refractivity contribution in [3.05, 3.63) is 12.7 Å². The van der Waals surface area contributed by atoms with E-state index in [-0.39, 0.29) is 13.0 Å². The van der Waals surface area contributed by atoms with Crippen molar-refractivity contribution in [1.82, 2.24) is 4.90 Å². The van der Waals surface area contributed by atoms with Gasteiger partial charge in [-0.3, -0.25) is 4.90 Å². The number of ether oxygens (including phenoxy) is 1. The second kappa shape index (κ2) is 6.10. The molecule has 1 aliphatic heterocycles. The predicted octanol–water partition coefficient (Wildman–Crippen LogP) is 1.64. The molecule has 0 saturated carbocycles. The number of likely N-dealkylation sites (tertiary alicyclic amines) is 1. The van der Waals surface area contributed by atoms with Crippen molar-refractivity contribution in [3.63, 3.8) is 0 Å². The normalized spacial score (nSPS) is 22.9. The molecule has 1 fully saturated rings. The largest absolute Gasteiger partial charge is 0.479 e. The Morgan fingerprint density at radius 3 is 2.83 bits per heavy atom. The maximum Gasteiger partial charge on any atom is 0.411 e. The van der Waals surface area contributed by atoms with Gasteiger partial charge in [0.15, 0.2) is 5.54 Å². The Labute approximate surface area is 106 Å². The smallest absolute Gasteiger partial charge is 0.411 e. The lowest BCUT2D eigenvalue weighted by molar-refractivity contribution is -0.152. The molecule has 0 spiro atoms. The Balaban J connectivity index is 2.96. The number of rotatable bonds is 4. The number of carbonyl (C=O) groups excluding carboxylic acids is 1. The molecule has 1 N–H and O–H groups in total. The van der Waals surface area contributed by atoms with Crippen molar-refractivity contribution in [2.45, 2.75) is 31.2 Å². The number of amides is 1. The van der Waals surface area contributed by atoms with Gasteiger partial charge in [0.1, 0.15) is 6.61 Å². The molecule has 0 aromatic rings. The standard InChI is InChI=1S/C13H17NO4/c1-3-7-13(11(15)16)8-5-6-9-14(13)12(17)18-10-4-2/h1,4H,2,5-10H2,(H,15,16). The molecule has 1 aliphatic rings. The van der Waals surface area contributed by atoms with Gasteiger partial charge in [-0.1, -0.05) is 12.7 Å². The van der Waals surface area contributed by atoms with Crippen LogP contribution in [0, 0.1) is 12.3 Å². The van der Waals surface area contributed by atoms with Crippen LogP contribution >= 0.6 is 0 Å². The molecule has 1 amide bonds. The number of carboxylic acids is 1. The number of nitrogens with zero attached hydrogens (tertiary/aromatic N) is 1. The molecular weight excluding hydrogens is 234 g/mol. The summed E-state index contributed by atoms with van der Waals surface area (Å²) >= 11 is 0. The molecule has 0 radical (unpaired) electrons. The number of hydrogen-bond acceptors (Lipinski definition) is 3. The molecule has 1 atom stereocenters. The van der Waals surface area contributed by atoms with E-state index in [9.17, 15) is 14.7 Å². The fourth-order valence-electron chi connectivity index (χ4n) is 2.16. The molecule has 1 saturated heterocycles. The highest BCUT2D eigenvalue weighted by atomic mass is 16.6. The Morgan fingerprint density at radius 1 is 1.56 bits per heavy atom. The van der Waals surface area contributed by atoms with E-state index in [1.165, 1.54) is 11.0 Å². The van der Waals surface area contributed by atoms with Crippen molar-refractivity contribution in [3.8, 4) is 12.3 Å². The maximum absolute atomic E-state index is 11.9. The van der Waals surface area contributed by atoms with E-state index in [1.807, 2.05) is 0 Å². The Kier molecular flexibility index (Phi) is 4.78. The molecule has 1 unspecified atom stereocenters. The molecule has 0 bridgehead atoms. The molecule has 0 aliphatic carbocycles. The second-order valence-corrected chi connectivity index (χ2v) is 4.19. The van der Waals surface area contributed by atoms with Crippen LogP contribution in [0.1, 0.15) is 25.7 Å². The first-order chi connectivity index (χ1) is 8.58. The minimum absolute atomic E-state index is 0.00841. The monoisotopic (exact) mass is 251 g/mol. The van der Waals surface area contributed by atoms with Gasteiger partial charge in [-0.05, 0) is 19.3 Å². The van der Waals surface area contributed by atoms with Crippen LogP contribution in [0.5, 0.6) is 0 Å². The summed E-state index contributed by atoms with van der Waals surface area (Å²) in [5.74, 6) is 1.28. The summed E-state index contributed by atoms with van der Waals surface area (Å²) in [6.07, 6.45) is 7.86. The van der Waals surface area contributed by atoms with E-state index < -0.39 is 17.6 Å². The molecule has 5 nitrogen and oxygen atoms in total. The van der Waals surface area contributed by atoms with Crippen LogP contribution in [0.3, 0.4) is 0 Å². The highest BCUT2D eigenvalue weighted by Gasteiger charge is 2.48. The average molecular weight is 251 g/mol. The van der Waals surface area contributed by atoms with Gasteiger partial charge in [-0.25, -0.2) is 9.59 Å². The number of carboxylic acid groups (broad SMARTS) is 1. The third kappa shape index (κ3) is 2.65. The van der Waals surface area contributed by atoms with Crippen molar-refractivity contribution in [2.24, 2.45) is 0 Å². The summed E-state index contributed by atoms with van der Waals surface area (Å²) < 4.78 is 4.92. The summed E-state index contributed by atoms with van der Waals surface area (Å²) in [4.78, 5) is 24.6. The Bertz CT molecular complexity index is 385. The summed E-state index contributed by atoms with van der Waals surface area (Å²) in [7, 11) is 0. The van der Waals surface area contributed by atoms with Crippen molar-refractivity contribution in [1.29, 1.82) is 0 Å². The van der Waals surface area contributed by atoms with E-state index in [2.05, 4.69) is 12.5 Å². The van der Waals surface area contributed by atoms with Gasteiger partial charge < -0.3 is 9.84 Å². The van der Waals surface area contributed by atoms with Gasteiger partial charge in [0, 0.05) is 13.0 Å². The van der Waals surface area contributed by atoms with Crippen molar-refractivity contribution >= 4 is 12.1 Å². The van der Waals surface area contributed by atoms with Gasteiger partial charge in [-0.2, -0.15) is 0 Å². The van der Waals surface area contributed by atoms with Crippen molar-refractivity contribution < 1.29 is 19.4 Å². The average Bonchev–Trinajstić information content (AvgIpc) is 2.36. The lowest BCUT2D eigenvalue weighted by atomic mass is 9.84. The van der Waals surface area contributed by atoms with Gasteiger partial charge in [-0.15, -0.1) is 12.3 Å². The quantitative estimate of drug-likeness (QED) is 0.609. The van der Waals surface area contributed by atoms with Crippen LogP contribution in [-0.4, -0.2) is 40.8 Å². The minimum Gasteiger partial charge on any atom is -0.479 e. The molecule has 1 rings (SSSR count). The number of piperidine rings is 1. The fraction of sp³-hybridized carbons (Fsp3) is 0.538. The van der Waals surface area contributed by atoms with Crippen LogP contribution in [0.25, 0.3) is 0 Å². The zero-order valence-electron chi connectivity index (χ0n) is 10.2. The lowest BCUT2D eigenvalue weighted by Crippen LogP contribution is -2.59. The zero-order chi connectivity index (χ0) is 13.6. The van der Waals surface area contributed by atoms with E-state index in [0.717, 1.165) is 12.8 Å². The van der Waals surface area contributed by atoms with Gasteiger partial charge in [0.25, 0.3) is 0 Å². The van der Waals surface area contributed by atoms with Crippen molar-refractivity contribution in [2.75, 3.05) is 13.2 Å². The summed E-state index contributed by atoms with van der Waals surface area (Å²) in [6, 6.07) is 0. The van der Waals surface area contributed by atoms with Gasteiger partial charge >= 0.3 is 12.1 Å². The summed E-state index contributed by atoms with van der Waals surface area (Å²) in [5.41, 5.74) is -1.33. The SMILES string of the molecule is C#CCC1(C(=O)O)CCCCN1C(=O)OCC=C. The summed E-state index contributed by atoms with van der Waals surface area (Å²) in [5, 5.41) is 9.40. The van der Waals surface area contributed by atoms with Crippen LogP contribution < -0.4 is 0 Å². The number of aliphatic carboxylic acids is 1. The van der Waals surface area contributed by atoms with Crippen LogP contribution in [0.15, 0.2) is 12.7 Å². The van der Waals surface area contributed by atoms with Crippen LogP contribution in [0.2, 0.25) is 0 Å². The number of terminal acetylenes is 1. The molecule has 0 aromatic carbocycles. The lowest BCUT2D eigenvalue weighted by Gasteiger charge is -2.42. The first kappa shape index (κ1) is 14.1. The predicted molar refractivity (Wildman–Crippen MR) is 65.9 cm³/mol. The van der Waals surface area contributed by atoms with E-state index in [1.54, 1.807) is 0 Å². The minimum atomic E-state index is -1.33. The summed E-state index contributed by atoms with van der Waals surface area (Å²) in [6.45, 7) is 3.85. The molecule has 18 heavy (non-hydrogen) atoms. The zero-order valence-corrected chi connectivity index (χ0v) is 10.2. The van der Waals surface area contributed by atoms with Gasteiger partial charge in [0.05, 0.1) is 0 Å². The number of carbonyl (C=O) groups is 2.